The maximum atomic E-state index is 12.8. The van der Waals surface area contributed by atoms with Gasteiger partial charge in [0.1, 0.15) is 5.82 Å². The van der Waals surface area contributed by atoms with Gasteiger partial charge in [0, 0.05) is 12.1 Å². The lowest BCUT2D eigenvalue weighted by atomic mass is 10.1. The minimum Gasteiger partial charge on any atom is -0.326 e. The molecule has 1 aliphatic rings. The van der Waals surface area contributed by atoms with Crippen LogP contribution in [0.4, 0.5) is 10.1 Å². The fraction of sp³-hybridized carbons (Fsp3) is 0.167. The summed E-state index contributed by atoms with van der Waals surface area (Å²) >= 11 is 0. The summed E-state index contributed by atoms with van der Waals surface area (Å²) in [7, 11) is 0. The number of allylic oxidation sites excluding steroid dienone is 1. The van der Waals surface area contributed by atoms with Crippen LogP contribution in [0, 0.1) is 5.82 Å². The second kappa shape index (κ2) is 5.92. The Bertz CT molecular complexity index is 689. The highest BCUT2D eigenvalue weighted by molar-refractivity contribution is 5.90. The van der Waals surface area contributed by atoms with Crippen molar-refractivity contribution in [3.63, 3.8) is 0 Å². The molecule has 0 aromatic heterocycles. The van der Waals surface area contributed by atoms with Crippen LogP contribution in [0.3, 0.4) is 0 Å². The van der Waals surface area contributed by atoms with E-state index in [4.69, 9.17) is 0 Å². The Morgan fingerprint density at radius 2 is 1.86 bits per heavy atom. The standard InChI is InChI=1S/C18H16FNO/c19-16-6-8-17(9-7-16)20-18(21)10-5-13-11-14-3-1-2-4-15(14)12-13/h1-4,6-9,11H,5,10,12H2,(H,20,21). The minimum absolute atomic E-state index is 0.0431. The molecule has 2 aromatic carbocycles. The van der Waals surface area contributed by atoms with E-state index >= 15 is 0 Å². The Morgan fingerprint density at radius 3 is 2.62 bits per heavy atom. The molecule has 0 heterocycles. The molecule has 0 radical (unpaired) electrons. The van der Waals surface area contributed by atoms with Crippen LogP contribution >= 0.6 is 0 Å². The minimum atomic E-state index is -0.304. The van der Waals surface area contributed by atoms with E-state index in [9.17, 15) is 9.18 Å². The van der Waals surface area contributed by atoms with Gasteiger partial charge in [-0.2, -0.15) is 0 Å². The van der Waals surface area contributed by atoms with Gasteiger partial charge in [-0.05, 0) is 48.2 Å². The lowest BCUT2D eigenvalue weighted by Crippen LogP contribution is -2.11. The molecule has 21 heavy (non-hydrogen) atoms. The summed E-state index contributed by atoms with van der Waals surface area (Å²) in [5.41, 5.74) is 4.49. The van der Waals surface area contributed by atoms with Crippen molar-refractivity contribution in [2.24, 2.45) is 0 Å². The molecule has 0 atom stereocenters. The fourth-order valence-corrected chi connectivity index (χ4v) is 2.54. The molecule has 0 bridgehead atoms. The number of halogens is 1. The van der Waals surface area contributed by atoms with Gasteiger partial charge >= 0.3 is 0 Å². The normalized spacial score (nSPS) is 12.7. The molecule has 3 rings (SSSR count). The van der Waals surface area contributed by atoms with Gasteiger partial charge < -0.3 is 5.32 Å². The van der Waals surface area contributed by atoms with E-state index in [1.54, 1.807) is 12.1 Å². The van der Waals surface area contributed by atoms with Gasteiger partial charge in [0.15, 0.2) is 0 Å². The number of nitrogens with one attached hydrogen (secondary N) is 1. The van der Waals surface area contributed by atoms with Gasteiger partial charge in [0.2, 0.25) is 5.91 Å². The molecule has 0 aliphatic heterocycles. The Balaban J connectivity index is 1.52. The lowest BCUT2D eigenvalue weighted by molar-refractivity contribution is -0.116. The van der Waals surface area contributed by atoms with Gasteiger partial charge in [0.05, 0.1) is 0 Å². The summed E-state index contributed by atoms with van der Waals surface area (Å²) in [5, 5.41) is 2.78. The molecule has 2 aromatic rings. The Labute approximate surface area is 123 Å². The lowest BCUT2D eigenvalue weighted by Gasteiger charge is -2.05. The summed E-state index contributed by atoms with van der Waals surface area (Å²) in [6.45, 7) is 0. The van der Waals surface area contributed by atoms with Crippen LogP contribution in [0.2, 0.25) is 0 Å². The van der Waals surface area contributed by atoms with Crippen LogP contribution < -0.4 is 5.32 Å². The molecule has 1 aliphatic carbocycles. The van der Waals surface area contributed by atoms with Gasteiger partial charge in [-0.1, -0.05) is 35.9 Å². The van der Waals surface area contributed by atoms with Gasteiger partial charge in [-0.3, -0.25) is 4.79 Å². The van der Waals surface area contributed by atoms with Crippen molar-refractivity contribution < 1.29 is 9.18 Å². The molecule has 1 amide bonds. The van der Waals surface area contributed by atoms with Crippen LogP contribution in [0.5, 0.6) is 0 Å². The first kappa shape index (κ1) is 13.6. The number of hydrogen-bond acceptors (Lipinski definition) is 1. The molecule has 3 heteroatoms. The first-order valence-electron chi connectivity index (χ1n) is 7.03. The molecule has 0 saturated carbocycles. The van der Waals surface area contributed by atoms with Crippen molar-refractivity contribution in [2.75, 3.05) is 5.32 Å². The van der Waals surface area contributed by atoms with E-state index in [0.717, 1.165) is 12.8 Å². The Morgan fingerprint density at radius 1 is 1.10 bits per heavy atom. The topological polar surface area (TPSA) is 29.1 Å². The molecular weight excluding hydrogens is 265 g/mol. The summed E-state index contributed by atoms with van der Waals surface area (Å²) in [6.07, 6.45) is 4.29. The van der Waals surface area contributed by atoms with Gasteiger partial charge in [-0.15, -0.1) is 0 Å². The van der Waals surface area contributed by atoms with Crippen molar-refractivity contribution in [3.05, 3.63) is 71.0 Å². The number of fused-ring (bicyclic) bond motifs is 1. The van der Waals surface area contributed by atoms with Gasteiger partial charge in [0.25, 0.3) is 0 Å². The van der Waals surface area contributed by atoms with Crippen molar-refractivity contribution in [1.82, 2.24) is 0 Å². The summed E-state index contributed by atoms with van der Waals surface area (Å²) < 4.78 is 12.8. The quantitative estimate of drug-likeness (QED) is 0.894. The number of rotatable bonds is 4. The zero-order chi connectivity index (χ0) is 14.7. The van der Waals surface area contributed by atoms with Crippen molar-refractivity contribution in [2.45, 2.75) is 19.3 Å². The summed E-state index contributed by atoms with van der Waals surface area (Å²) in [6, 6.07) is 14.1. The number of amides is 1. The average Bonchev–Trinajstić information content (AvgIpc) is 2.90. The van der Waals surface area contributed by atoms with Crippen LogP contribution in [-0.4, -0.2) is 5.91 Å². The zero-order valence-corrected chi connectivity index (χ0v) is 11.6. The predicted molar refractivity (Wildman–Crippen MR) is 82.4 cm³/mol. The smallest absolute Gasteiger partial charge is 0.224 e. The van der Waals surface area contributed by atoms with Crippen LogP contribution in [0.15, 0.2) is 54.1 Å². The van der Waals surface area contributed by atoms with E-state index in [1.807, 2.05) is 12.1 Å². The average molecular weight is 281 g/mol. The van der Waals surface area contributed by atoms with E-state index in [0.29, 0.717) is 12.1 Å². The van der Waals surface area contributed by atoms with Crippen molar-refractivity contribution >= 4 is 17.7 Å². The van der Waals surface area contributed by atoms with E-state index in [2.05, 4.69) is 23.5 Å². The Hall–Kier alpha value is -2.42. The Kier molecular flexibility index (Phi) is 3.82. The number of carbonyl (C=O) groups is 1. The number of benzene rings is 2. The third-order valence-electron chi connectivity index (χ3n) is 3.63. The van der Waals surface area contributed by atoms with E-state index in [-0.39, 0.29) is 11.7 Å². The first-order valence-corrected chi connectivity index (χ1v) is 7.03. The van der Waals surface area contributed by atoms with Crippen molar-refractivity contribution in [3.8, 4) is 0 Å². The summed E-state index contributed by atoms with van der Waals surface area (Å²) in [5.74, 6) is -0.347. The third-order valence-corrected chi connectivity index (χ3v) is 3.63. The van der Waals surface area contributed by atoms with Crippen LogP contribution in [0.25, 0.3) is 6.08 Å². The van der Waals surface area contributed by atoms with Crippen LogP contribution in [0.1, 0.15) is 24.0 Å². The molecule has 1 N–H and O–H groups in total. The first-order chi connectivity index (χ1) is 10.2. The molecule has 0 fully saturated rings. The SMILES string of the molecule is O=C(CCC1=Cc2ccccc2C1)Nc1ccc(F)cc1. The third kappa shape index (κ3) is 3.37. The second-order valence-corrected chi connectivity index (χ2v) is 5.23. The molecule has 106 valence electrons. The maximum absolute atomic E-state index is 12.8. The summed E-state index contributed by atoms with van der Waals surface area (Å²) in [4.78, 5) is 11.9. The number of hydrogen-bond donors (Lipinski definition) is 1. The second-order valence-electron chi connectivity index (χ2n) is 5.23. The van der Waals surface area contributed by atoms with E-state index < -0.39 is 0 Å². The molecular formula is C18H16FNO. The number of anilines is 1. The van der Waals surface area contributed by atoms with Gasteiger partial charge in [-0.25, -0.2) is 4.39 Å². The highest BCUT2D eigenvalue weighted by Gasteiger charge is 2.13. The monoisotopic (exact) mass is 281 g/mol. The molecule has 0 spiro atoms. The van der Waals surface area contributed by atoms with Crippen LogP contribution in [-0.2, 0) is 11.2 Å². The zero-order valence-electron chi connectivity index (χ0n) is 11.6. The maximum Gasteiger partial charge on any atom is 0.224 e. The fourth-order valence-electron chi connectivity index (χ4n) is 2.54. The predicted octanol–water partition coefficient (Wildman–Crippen LogP) is 4.18. The molecule has 0 saturated heterocycles. The molecule has 2 nitrogen and oxygen atoms in total. The highest BCUT2D eigenvalue weighted by Crippen LogP contribution is 2.27. The molecule has 0 unspecified atom stereocenters. The van der Waals surface area contributed by atoms with E-state index in [1.165, 1.54) is 28.8 Å². The number of carbonyl (C=O) groups excluding carboxylic acids is 1. The van der Waals surface area contributed by atoms with Crippen molar-refractivity contribution in [1.29, 1.82) is 0 Å². The largest absolute Gasteiger partial charge is 0.326 e. The highest BCUT2D eigenvalue weighted by atomic mass is 19.1.